The van der Waals surface area contributed by atoms with Gasteiger partial charge in [0.05, 0.1) is 10.9 Å². The van der Waals surface area contributed by atoms with Gasteiger partial charge in [-0.15, -0.1) is 0 Å². The summed E-state index contributed by atoms with van der Waals surface area (Å²) in [6, 6.07) is 12.0. The summed E-state index contributed by atoms with van der Waals surface area (Å²) in [6.45, 7) is 5.68. The Morgan fingerprint density at radius 3 is 2.29 bits per heavy atom. The number of ketones is 1. The van der Waals surface area contributed by atoms with E-state index in [2.05, 4.69) is 9.88 Å². The van der Waals surface area contributed by atoms with Crippen LogP contribution in [0.3, 0.4) is 0 Å². The quantitative estimate of drug-likeness (QED) is 0.561. The first kappa shape index (κ1) is 18.6. The molecule has 0 amide bonds. The first-order chi connectivity index (χ1) is 13.4. The summed E-state index contributed by atoms with van der Waals surface area (Å²) in [6.07, 6.45) is 3.38. The van der Waals surface area contributed by atoms with Gasteiger partial charge < -0.3 is 4.98 Å². The normalized spacial score (nSPS) is 15.8. The van der Waals surface area contributed by atoms with Gasteiger partial charge in [0, 0.05) is 22.0 Å². The highest BCUT2D eigenvalue weighted by molar-refractivity contribution is 6.05. The molecular formula is C23H24N2O3. The Morgan fingerprint density at radius 2 is 1.54 bits per heavy atom. The maximum Gasteiger partial charge on any atom is 0.235 e. The van der Waals surface area contributed by atoms with E-state index in [9.17, 15) is 14.4 Å². The lowest BCUT2D eigenvalue weighted by Crippen LogP contribution is -2.52. The number of nitrogens with zero attached hydrogens (tertiary/aromatic N) is 1. The van der Waals surface area contributed by atoms with Gasteiger partial charge in [-0.1, -0.05) is 18.6 Å². The highest BCUT2D eigenvalue weighted by Crippen LogP contribution is 2.25. The van der Waals surface area contributed by atoms with E-state index < -0.39 is 16.4 Å². The SMILES string of the molecule is CC(C)(C(=O)c1ccc2[nH]c3ccccc3c(=O)c(=O)c2c1)N1CCCCC1. The number of Topliss-reactive ketones (excluding diaryl/α,β-unsaturated/α-hetero) is 1. The molecule has 0 bridgehead atoms. The maximum atomic E-state index is 13.3. The summed E-state index contributed by atoms with van der Waals surface area (Å²) in [7, 11) is 0. The number of aromatic nitrogens is 1. The Bertz CT molecular complexity index is 1190. The molecule has 0 radical (unpaired) electrons. The summed E-state index contributed by atoms with van der Waals surface area (Å²) in [5.41, 5.74) is -0.172. The van der Waals surface area contributed by atoms with Crippen molar-refractivity contribution in [3.63, 3.8) is 0 Å². The fraction of sp³-hybridized carbons (Fsp3) is 0.348. The van der Waals surface area contributed by atoms with Crippen molar-refractivity contribution in [3.05, 3.63) is 68.5 Å². The molecule has 0 unspecified atom stereocenters. The minimum Gasteiger partial charge on any atom is -0.354 e. The molecule has 0 atom stereocenters. The van der Waals surface area contributed by atoms with E-state index in [1.807, 2.05) is 19.9 Å². The number of carbonyl (C=O) groups is 1. The van der Waals surface area contributed by atoms with Crippen LogP contribution in [0.25, 0.3) is 21.8 Å². The van der Waals surface area contributed by atoms with E-state index in [4.69, 9.17) is 0 Å². The predicted octanol–water partition coefficient (Wildman–Crippen LogP) is 3.49. The number of nitrogens with one attached hydrogen (secondary N) is 1. The number of hydrogen-bond donors (Lipinski definition) is 1. The van der Waals surface area contributed by atoms with Gasteiger partial charge >= 0.3 is 0 Å². The highest BCUT2D eigenvalue weighted by Gasteiger charge is 2.35. The minimum atomic E-state index is -0.650. The molecule has 0 spiro atoms. The number of H-pyrrole nitrogens is 1. The molecule has 2 aromatic carbocycles. The first-order valence-electron chi connectivity index (χ1n) is 9.78. The Kier molecular flexibility index (Phi) is 4.63. The average Bonchev–Trinajstić information content (AvgIpc) is 2.83. The van der Waals surface area contributed by atoms with E-state index >= 15 is 0 Å². The lowest BCUT2D eigenvalue weighted by Gasteiger charge is -2.39. The monoisotopic (exact) mass is 376 g/mol. The Hall–Kier alpha value is -2.79. The summed E-state index contributed by atoms with van der Waals surface area (Å²) in [5.74, 6) is -0.0285. The molecule has 0 saturated carbocycles. The molecule has 1 aromatic heterocycles. The molecule has 1 aliphatic heterocycles. The molecule has 0 aliphatic carbocycles. The van der Waals surface area contributed by atoms with Crippen LogP contribution >= 0.6 is 0 Å². The molecule has 2 heterocycles. The van der Waals surface area contributed by atoms with Crippen molar-refractivity contribution in [2.24, 2.45) is 0 Å². The van der Waals surface area contributed by atoms with Crippen molar-refractivity contribution in [2.45, 2.75) is 38.6 Å². The van der Waals surface area contributed by atoms with Crippen molar-refractivity contribution < 1.29 is 4.79 Å². The van der Waals surface area contributed by atoms with Crippen LogP contribution < -0.4 is 10.9 Å². The zero-order valence-corrected chi connectivity index (χ0v) is 16.2. The Morgan fingerprint density at radius 1 is 0.893 bits per heavy atom. The third-order valence-electron chi connectivity index (χ3n) is 5.88. The van der Waals surface area contributed by atoms with Gasteiger partial charge in [-0.2, -0.15) is 0 Å². The number of piperidine rings is 1. The second kappa shape index (κ2) is 6.99. The number of rotatable bonds is 3. The number of fused-ring (bicyclic) bond motifs is 2. The van der Waals surface area contributed by atoms with Crippen LogP contribution in [0, 0.1) is 0 Å². The lowest BCUT2D eigenvalue weighted by molar-refractivity contribution is 0.0579. The van der Waals surface area contributed by atoms with Crippen LogP contribution in [-0.2, 0) is 0 Å². The molecule has 1 fully saturated rings. The molecule has 28 heavy (non-hydrogen) atoms. The number of likely N-dealkylation sites (tertiary alicyclic amines) is 1. The van der Waals surface area contributed by atoms with E-state index in [-0.39, 0.29) is 11.2 Å². The maximum absolute atomic E-state index is 13.3. The van der Waals surface area contributed by atoms with Gasteiger partial charge in [-0.05, 0) is 70.1 Å². The van der Waals surface area contributed by atoms with Crippen LogP contribution in [0.1, 0.15) is 43.5 Å². The lowest BCUT2D eigenvalue weighted by atomic mass is 9.89. The van der Waals surface area contributed by atoms with E-state index in [1.54, 1.807) is 36.4 Å². The highest BCUT2D eigenvalue weighted by atomic mass is 16.2. The van der Waals surface area contributed by atoms with Gasteiger partial charge in [0.1, 0.15) is 0 Å². The van der Waals surface area contributed by atoms with Crippen molar-refractivity contribution >= 4 is 27.6 Å². The van der Waals surface area contributed by atoms with Gasteiger partial charge in [-0.3, -0.25) is 19.3 Å². The van der Waals surface area contributed by atoms with Gasteiger partial charge in [-0.25, -0.2) is 0 Å². The molecular weight excluding hydrogens is 352 g/mol. The summed E-state index contributed by atoms with van der Waals surface area (Å²) in [4.78, 5) is 44.1. The molecule has 1 N–H and O–H groups in total. The predicted molar refractivity (Wildman–Crippen MR) is 112 cm³/mol. The van der Waals surface area contributed by atoms with Crippen molar-refractivity contribution in [3.8, 4) is 0 Å². The Balaban J connectivity index is 1.87. The number of para-hydroxylation sites is 1. The molecule has 3 aromatic rings. The van der Waals surface area contributed by atoms with Crippen molar-refractivity contribution in [1.29, 1.82) is 0 Å². The third-order valence-corrected chi connectivity index (χ3v) is 5.88. The minimum absolute atomic E-state index is 0.0285. The molecule has 1 aliphatic rings. The topological polar surface area (TPSA) is 70.2 Å². The summed E-state index contributed by atoms with van der Waals surface area (Å²) >= 11 is 0. The summed E-state index contributed by atoms with van der Waals surface area (Å²) in [5, 5.41) is 0.603. The average molecular weight is 376 g/mol. The van der Waals surface area contributed by atoms with Crippen LogP contribution in [0.4, 0.5) is 0 Å². The van der Waals surface area contributed by atoms with Crippen molar-refractivity contribution in [2.75, 3.05) is 13.1 Å². The fourth-order valence-corrected chi connectivity index (χ4v) is 4.11. The summed E-state index contributed by atoms with van der Waals surface area (Å²) < 4.78 is 0. The molecule has 5 nitrogen and oxygen atoms in total. The van der Waals surface area contributed by atoms with Crippen LogP contribution in [-0.4, -0.2) is 34.3 Å². The zero-order chi connectivity index (χ0) is 19.9. The van der Waals surface area contributed by atoms with E-state index in [0.717, 1.165) is 25.9 Å². The number of aromatic amines is 1. The van der Waals surface area contributed by atoms with Crippen LogP contribution in [0.2, 0.25) is 0 Å². The van der Waals surface area contributed by atoms with Gasteiger partial charge in [0.15, 0.2) is 5.78 Å². The van der Waals surface area contributed by atoms with Crippen molar-refractivity contribution in [1.82, 2.24) is 9.88 Å². The second-order valence-electron chi connectivity index (χ2n) is 8.03. The fourth-order valence-electron chi connectivity index (χ4n) is 4.11. The molecule has 1 saturated heterocycles. The molecule has 4 rings (SSSR count). The van der Waals surface area contributed by atoms with Gasteiger partial charge in [0.2, 0.25) is 10.9 Å². The number of benzene rings is 2. The number of carbonyl (C=O) groups excluding carboxylic acids is 1. The molecule has 5 heteroatoms. The number of hydrogen-bond acceptors (Lipinski definition) is 4. The molecule has 144 valence electrons. The van der Waals surface area contributed by atoms with E-state index in [0.29, 0.717) is 22.0 Å². The second-order valence-corrected chi connectivity index (χ2v) is 8.03. The smallest absolute Gasteiger partial charge is 0.235 e. The first-order valence-corrected chi connectivity index (χ1v) is 9.78. The van der Waals surface area contributed by atoms with Crippen LogP contribution in [0.5, 0.6) is 0 Å². The Labute approximate surface area is 163 Å². The standard InChI is InChI=1S/C23H24N2O3/c1-23(2,25-12-6-3-7-13-25)22(28)15-10-11-19-17(14-15)21(27)20(26)16-8-4-5-9-18(16)24-19/h4-5,8-11,14,24H,3,6-7,12-13H2,1-2H3. The third kappa shape index (κ3) is 3.06. The largest absolute Gasteiger partial charge is 0.354 e. The van der Waals surface area contributed by atoms with Crippen LogP contribution in [0.15, 0.2) is 52.1 Å². The van der Waals surface area contributed by atoms with Gasteiger partial charge in [0.25, 0.3) is 0 Å². The zero-order valence-electron chi connectivity index (χ0n) is 16.2. The van der Waals surface area contributed by atoms with E-state index in [1.165, 1.54) is 6.42 Å².